The smallest absolute Gasteiger partial charge is 0.259 e. The molecule has 4 rings (SSSR count). The predicted octanol–water partition coefficient (Wildman–Crippen LogP) is 4.16. The van der Waals surface area contributed by atoms with Crippen LogP contribution in [0.15, 0.2) is 54.7 Å². The van der Waals surface area contributed by atoms with Crippen molar-refractivity contribution >= 4 is 24.0 Å². The second-order valence-electron chi connectivity index (χ2n) is 7.04. The number of amides is 1. The van der Waals surface area contributed by atoms with Gasteiger partial charge in [-0.25, -0.2) is 9.07 Å². The summed E-state index contributed by atoms with van der Waals surface area (Å²) in [7, 11) is 1.60. The fraction of sp³-hybridized carbons (Fsp3) is 0.273. The van der Waals surface area contributed by atoms with E-state index in [1.165, 1.54) is 12.1 Å². The van der Waals surface area contributed by atoms with Crippen molar-refractivity contribution in [3.05, 3.63) is 71.8 Å². The van der Waals surface area contributed by atoms with Gasteiger partial charge in [-0.3, -0.25) is 4.79 Å². The van der Waals surface area contributed by atoms with E-state index in [1.54, 1.807) is 54.4 Å². The fourth-order valence-electron chi connectivity index (χ4n) is 3.71. The molecule has 0 radical (unpaired) electrons. The van der Waals surface area contributed by atoms with Crippen molar-refractivity contribution in [2.75, 3.05) is 25.5 Å². The lowest BCUT2D eigenvalue weighted by Gasteiger charge is -2.24. The number of carbonyl (C=O) groups excluding carboxylic acids is 1. The van der Waals surface area contributed by atoms with Gasteiger partial charge in [-0.2, -0.15) is 5.10 Å². The summed E-state index contributed by atoms with van der Waals surface area (Å²) in [6.07, 6.45) is 3.36. The van der Waals surface area contributed by atoms with Crippen LogP contribution in [0.5, 0.6) is 5.75 Å². The van der Waals surface area contributed by atoms with E-state index in [0.29, 0.717) is 16.9 Å². The predicted molar refractivity (Wildman–Crippen MR) is 117 cm³/mol. The zero-order chi connectivity index (χ0) is 20.2. The summed E-state index contributed by atoms with van der Waals surface area (Å²) in [5.74, 6) is 0.320. The van der Waals surface area contributed by atoms with Gasteiger partial charge in [0.1, 0.15) is 11.6 Å². The Hall–Kier alpha value is -2.90. The van der Waals surface area contributed by atoms with Gasteiger partial charge in [-0.1, -0.05) is 6.07 Å². The molecule has 0 unspecified atom stereocenters. The number of aromatic nitrogens is 2. The number of ether oxygens (including phenoxy) is 1. The Kier molecular flexibility index (Phi) is 7.07. The van der Waals surface area contributed by atoms with Crippen LogP contribution in [0.2, 0.25) is 0 Å². The SMILES string of the molecule is COc1ccc(NC(=O)c2cnn(-c3cccc(F)c3)c2C2CCNCC2)cc1.Cl. The van der Waals surface area contributed by atoms with Gasteiger partial charge in [0.05, 0.1) is 30.3 Å². The summed E-state index contributed by atoms with van der Waals surface area (Å²) in [6.45, 7) is 1.75. The molecule has 1 aromatic heterocycles. The maximum atomic E-state index is 13.8. The quantitative estimate of drug-likeness (QED) is 0.637. The van der Waals surface area contributed by atoms with E-state index >= 15 is 0 Å². The van der Waals surface area contributed by atoms with E-state index in [1.807, 2.05) is 0 Å². The zero-order valence-corrected chi connectivity index (χ0v) is 17.4. The molecule has 6 nitrogen and oxygen atoms in total. The summed E-state index contributed by atoms with van der Waals surface area (Å²) in [5.41, 5.74) is 2.62. The zero-order valence-electron chi connectivity index (χ0n) is 16.6. The molecule has 0 saturated carbocycles. The highest BCUT2D eigenvalue weighted by Crippen LogP contribution is 2.31. The minimum atomic E-state index is -0.335. The van der Waals surface area contributed by atoms with Gasteiger partial charge in [0.15, 0.2) is 0 Å². The van der Waals surface area contributed by atoms with Crippen molar-refractivity contribution in [1.29, 1.82) is 0 Å². The molecule has 1 aliphatic heterocycles. The number of rotatable bonds is 5. The third-order valence-electron chi connectivity index (χ3n) is 5.18. The molecule has 0 spiro atoms. The molecule has 158 valence electrons. The molecule has 1 amide bonds. The molecule has 3 aromatic rings. The standard InChI is InChI=1S/C22H23FN4O2.ClH/c1-29-19-7-5-17(6-8-19)26-22(28)20-14-25-27(18-4-2-3-16(23)13-18)21(20)15-9-11-24-12-10-15;/h2-8,13-15,24H,9-12H2,1H3,(H,26,28);1H. The highest BCUT2D eigenvalue weighted by atomic mass is 35.5. The number of carbonyl (C=O) groups is 1. The highest BCUT2D eigenvalue weighted by molar-refractivity contribution is 6.05. The molecular weight excluding hydrogens is 407 g/mol. The van der Waals surface area contributed by atoms with E-state index in [-0.39, 0.29) is 30.0 Å². The summed E-state index contributed by atoms with van der Waals surface area (Å²) in [6, 6.07) is 13.4. The van der Waals surface area contributed by atoms with Crippen LogP contribution in [-0.4, -0.2) is 35.9 Å². The highest BCUT2D eigenvalue weighted by Gasteiger charge is 2.27. The monoisotopic (exact) mass is 430 g/mol. The Balaban J connectivity index is 0.00000256. The van der Waals surface area contributed by atoms with E-state index < -0.39 is 0 Å². The summed E-state index contributed by atoms with van der Waals surface area (Å²) >= 11 is 0. The van der Waals surface area contributed by atoms with E-state index in [2.05, 4.69) is 15.7 Å². The lowest BCUT2D eigenvalue weighted by atomic mass is 9.91. The number of methoxy groups -OCH3 is 1. The lowest BCUT2D eigenvalue weighted by Crippen LogP contribution is -2.29. The minimum Gasteiger partial charge on any atom is -0.497 e. The van der Waals surface area contributed by atoms with Gasteiger partial charge in [0.25, 0.3) is 5.91 Å². The largest absolute Gasteiger partial charge is 0.497 e. The minimum absolute atomic E-state index is 0. The van der Waals surface area contributed by atoms with Crippen LogP contribution in [-0.2, 0) is 0 Å². The topological polar surface area (TPSA) is 68.2 Å². The molecule has 1 saturated heterocycles. The number of anilines is 1. The van der Waals surface area contributed by atoms with Crippen LogP contribution in [0.1, 0.15) is 34.8 Å². The first-order valence-electron chi connectivity index (χ1n) is 9.65. The second-order valence-corrected chi connectivity index (χ2v) is 7.04. The normalized spacial score (nSPS) is 14.1. The first-order chi connectivity index (χ1) is 14.2. The number of nitrogens with zero attached hydrogens (tertiary/aromatic N) is 2. The number of hydrogen-bond donors (Lipinski definition) is 2. The van der Waals surface area contributed by atoms with Gasteiger partial charge >= 0.3 is 0 Å². The van der Waals surface area contributed by atoms with Crippen LogP contribution >= 0.6 is 12.4 Å². The first kappa shape index (κ1) is 21.8. The Morgan fingerprint density at radius 3 is 2.60 bits per heavy atom. The number of nitrogens with one attached hydrogen (secondary N) is 2. The molecule has 0 atom stereocenters. The van der Waals surface area contributed by atoms with Crippen LogP contribution in [0.3, 0.4) is 0 Å². The van der Waals surface area contributed by atoms with Crippen LogP contribution in [0.25, 0.3) is 5.69 Å². The summed E-state index contributed by atoms with van der Waals surface area (Å²) in [4.78, 5) is 13.1. The molecule has 2 N–H and O–H groups in total. The maximum Gasteiger partial charge on any atom is 0.259 e. The molecule has 1 fully saturated rings. The number of piperidine rings is 1. The Morgan fingerprint density at radius 2 is 1.93 bits per heavy atom. The maximum absolute atomic E-state index is 13.8. The molecule has 0 aliphatic carbocycles. The van der Waals surface area contributed by atoms with Crippen molar-refractivity contribution < 1.29 is 13.9 Å². The molecule has 0 bridgehead atoms. The van der Waals surface area contributed by atoms with Gasteiger partial charge in [-0.05, 0) is 68.4 Å². The van der Waals surface area contributed by atoms with Gasteiger partial charge in [0.2, 0.25) is 0 Å². The number of benzene rings is 2. The number of halogens is 2. The summed E-state index contributed by atoms with van der Waals surface area (Å²) in [5, 5.41) is 10.7. The van der Waals surface area contributed by atoms with Gasteiger partial charge in [-0.15, -0.1) is 12.4 Å². The molecule has 2 heterocycles. The Labute approximate surface area is 180 Å². The van der Waals surface area contributed by atoms with Crippen molar-refractivity contribution in [3.63, 3.8) is 0 Å². The van der Waals surface area contributed by atoms with Crippen molar-refractivity contribution in [3.8, 4) is 11.4 Å². The van der Waals surface area contributed by atoms with Crippen molar-refractivity contribution in [2.24, 2.45) is 0 Å². The average molecular weight is 431 g/mol. The second kappa shape index (κ2) is 9.73. The fourth-order valence-corrected chi connectivity index (χ4v) is 3.71. The van der Waals surface area contributed by atoms with E-state index in [9.17, 15) is 9.18 Å². The molecular formula is C22H24ClFN4O2. The molecule has 1 aliphatic rings. The van der Waals surface area contributed by atoms with Crippen molar-refractivity contribution in [2.45, 2.75) is 18.8 Å². The van der Waals surface area contributed by atoms with Crippen LogP contribution in [0.4, 0.5) is 10.1 Å². The van der Waals surface area contributed by atoms with Crippen LogP contribution < -0.4 is 15.4 Å². The molecule has 8 heteroatoms. The van der Waals surface area contributed by atoms with Gasteiger partial charge in [0, 0.05) is 11.6 Å². The number of hydrogen-bond acceptors (Lipinski definition) is 4. The lowest BCUT2D eigenvalue weighted by molar-refractivity contribution is 0.102. The third-order valence-corrected chi connectivity index (χ3v) is 5.18. The summed E-state index contributed by atoms with van der Waals surface area (Å²) < 4.78 is 20.7. The first-order valence-corrected chi connectivity index (χ1v) is 9.65. The molecule has 30 heavy (non-hydrogen) atoms. The Bertz CT molecular complexity index is 1000. The molecule has 2 aromatic carbocycles. The third kappa shape index (κ3) is 4.63. The van der Waals surface area contributed by atoms with Gasteiger partial charge < -0.3 is 15.4 Å². The van der Waals surface area contributed by atoms with E-state index in [0.717, 1.165) is 37.4 Å². The van der Waals surface area contributed by atoms with Crippen molar-refractivity contribution in [1.82, 2.24) is 15.1 Å². The Morgan fingerprint density at radius 1 is 1.20 bits per heavy atom. The van der Waals surface area contributed by atoms with Crippen LogP contribution in [0, 0.1) is 5.82 Å². The van der Waals surface area contributed by atoms with E-state index in [4.69, 9.17) is 4.74 Å². The average Bonchev–Trinajstić information content (AvgIpc) is 3.20.